The van der Waals surface area contributed by atoms with Crippen LogP contribution in [-0.2, 0) is 28.8 Å². The van der Waals surface area contributed by atoms with Gasteiger partial charge in [-0.25, -0.2) is 0 Å². The van der Waals surface area contributed by atoms with Crippen LogP contribution < -0.4 is 5.56 Å². The third-order valence-electron chi connectivity index (χ3n) is 5.19. The molecule has 4 rings (SSSR count). The molecule has 3 aliphatic carbocycles. The highest BCUT2D eigenvalue weighted by Gasteiger charge is 2.35. The Bertz CT molecular complexity index is 782. The first-order chi connectivity index (χ1) is 10.7. The van der Waals surface area contributed by atoms with Gasteiger partial charge in [-0.2, -0.15) is 0 Å². The zero-order valence-electron chi connectivity index (χ0n) is 12.7. The highest BCUT2D eigenvalue weighted by molar-refractivity contribution is 5.89. The van der Waals surface area contributed by atoms with Gasteiger partial charge in [0, 0.05) is 5.56 Å². The summed E-state index contributed by atoms with van der Waals surface area (Å²) in [5, 5.41) is 0. The number of hydrogen-bond donors (Lipinski definition) is 1. The van der Waals surface area contributed by atoms with Crippen molar-refractivity contribution in [1.29, 1.82) is 0 Å². The summed E-state index contributed by atoms with van der Waals surface area (Å²) in [5.41, 5.74) is 6.56. The topological polar surface area (TPSA) is 59.2 Å². The lowest BCUT2D eigenvalue weighted by atomic mass is 9.86. The predicted molar refractivity (Wildman–Crippen MR) is 83.6 cm³/mol. The number of nitrogens with one attached hydrogen (secondary N) is 1. The number of H-pyrrole nitrogens is 1. The van der Waals surface area contributed by atoms with Crippen molar-refractivity contribution in [2.45, 2.75) is 38.5 Å². The molecule has 114 valence electrons. The summed E-state index contributed by atoms with van der Waals surface area (Å²) in [6, 6.07) is 0. The van der Waals surface area contributed by atoms with Crippen LogP contribution in [0.3, 0.4) is 0 Å². The Morgan fingerprint density at radius 2 is 2.00 bits per heavy atom. The van der Waals surface area contributed by atoms with Crippen LogP contribution in [0.25, 0.3) is 5.57 Å². The number of aromatic amines is 1. The van der Waals surface area contributed by atoms with Crippen LogP contribution in [0.5, 0.6) is 0 Å². The SMILES string of the molecule is COC(=O)C1CC=CC2=C1Cc1c2[nH]c(=O)c2c1CCCC2. The zero-order valence-corrected chi connectivity index (χ0v) is 12.7. The second-order valence-corrected chi connectivity index (χ2v) is 6.30. The van der Waals surface area contributed by atoms with Crippen molar-refractivity contribution in [2.75, 3.05) is 7.11 Å². The number of aromatic nitrogens is 1. The number of fused-ring (bicyclic) bond motifs is 4. The number of hydrogen-bond acceptors (Lipinski definition) is 3. The monoisotopic (exact) mass is 297 g/mol. The highest BCUT2D eigenvalue weighted by Crippen LogP contribution is 2.42. The number of ether oxygens (including phenoxy) is 1. The third-order valence-corrected chi connectivity index (χ3v) is 5.19. The molecule has 0 saturated heterocycles. The number of esters is 1. The van der Waals surface area contributed by atoms with Gasteiger partial charge in [0.2, 0.25) is 0 Å². The molecule has 4 heteroatoms. The van der Waals surface area contributed by atoms with Gasteiger partial charge in [-0.1, -0.05) is 12.2 Å². The van der Waals surface area contributed by atoms with Gasteiger partial charge in [-0.3, -0.25) is 9.59 Å². The lowest BCUT2D eigenvalue weighted by Gasteiger charge is -2.19. The average molecular weight is 297 g/mol. The number of methoxy groups -OCH3 is 1. The molecule has 1 N–H and O–H groups in total. The molecular formula is C18H19NO3. The fourth-order valence-corrected chi connectivity index (χ4v) is 4.12. The van der Waals surface area contributed by atoms with Gasteiger partial charge in [-0.15, -0.1) is 0 Å². The summed E-state index contributed by atoms with van der Waals surface area (Å²) in [4.78, 5) is 27.5. The number of allylic oxidation sites excluding steroid dienone is 3. The molecule has 0 fully saturated rings. The first-order valence-corrected chi connectivity index (χ1v) is 7.95. The molecule has 0 saturated carbocycles. The molecule has 1 unspecified atom stereocenters. The molecule has 0 aliphatic heterocycles. The van der Waals surface area contributed by atoms with E-state index in [1.807, 2.05) is 12.2 Å². The molecule has 1 aromatic heterocycles. The third kappa shape index (κ3) is 1.83. The highest BCUT2D eigenvalue weighted by atomic mass is 16.5. The largest absolute Gasteiger partial charge is 0.469 e. The zero-order chi connectivity index (χ0) is 15.3. The van der Waals surface area contributed by atoms with Crippen molar-refractivity contribution in [3.8, 4) is 0 Å². The molecule has 1 heterocycles. The molecule has 3 aliphatic rings. The minimum absolute atomic E-state index is 0.0517. The van der Waals surface area contributed by atoms with Crippen molar-refractivity contribution in [1.82, 2.24) is 4.98 Å². The molecule has 0 spiro atoms. The van der Waals surface area contributed by atoms with Crippen molar-refractivity contribution in [3.05, 3.63) is 50.5 Å². The van der Waals surface area contributed by atoms with E-state index >= 15 is 0 Å². The molecule has 0 aromatic carbocycles. The van der Waals surface area contributed by atoms with Crippen LogP contribution in [0, 0.1) is 5.92 Å². The second-order valence-electron chi connectivity index (χ2n) is 6.30. The minimum atomic E-state index is -0.208. The Balaban J connectivity index is 1.86. The summed E-state index contributed by atoms with van der Waals surface area (Å²) in [5.74, 6) is -0.388. The maximum absolute atomic E-state index is 12.4. The van der Waals surface area contributed by atoms with E-state index in [0.717, 1.165) is 54.5 Å². The van der Waals surface area contributed by atoms with E-state index in [2.05, 4.69) is 4.98 Å². The van der Waals surface area contributed by atoms with E-state index in [9.17, 15) is 9.59 Å². The Kier molecular flexibility index (Phi) is 3.06. The van der Waals surface area contributed by atoms with Gasteiger partial charge >= 0.3 is 5.97 Å². The quantitative estimate of drug-likeness (QED) is 0.809. The standard InChI is InChI=1S/C18H19NO3/c1-22-18(21)13-8-4-7-11-14(13)9-15-10-5-2-3-6-12(10)17(20)19-16(11)15/h4,7,13H,2-3,5-6,8-9H2,1H3,(H,19,20). The first-order valence-electron chi connectivity index (χ1n) is 7.95. The lowest BCUT2D eigenvalue weighted by Crippen LogP contribution is -2.22. The van der Waals surface area contributed by atoms with Crippen LogP contribution in [0.1, 0.15) is 41.6 Å². The van der Waals surface area contributed by atoms with Gasteiger partial charge in [-0.05, 0) is 60.8 Å². The summed E-state index contributed by atoms with van der Waals surface area (Å²) in [6.45, 7) is 0. The van der Waals surface area contributed by atoms with E-state index < -0.39 is 0 Å². The van der Waals surface area contributed by atoms with Crippen molar-refractivity contribution in [2.24, 2.45) is 5.92 Å². The van der Waals surface area contributed by atoms with E-state index in [0.29, 0.717) is 6.42 Å². The molecule has 0 radical (unpaired) electrons. The number of rotatable bonds is 1. The van der Waals surface area contributed by atoms with Crippen LogP contribution in [0.15, 0.2) is 22.5 Å². The molecular weight excluding hydrogens is 278 g/mol. The fraction of sp³-hybridized carbons (Fsp3) is 0.444. The minimum Gasteiger partial charge on any atom is -0.469 e. The smallest absolute Gasteiger partial charge is 0.313 e. The van der Waals surface area contributed by atoms with Crippen molar-refractivity contribution >= 4 is 11.5 Å². The van der Waals surface area contributed by atoms with E-state index in [-0.39, 0.29) is 17.4 Å². The summed E-state index contributed by atoms with van der Waals surface area (Å²) < 4.78 is 4.95. The first kappa shape index (κ1) is 13.6. The van der Waals surface area contributed by atoms with Crippen LogP contribution >= 0.6 is 0 Å². The number of carbonyl (C=O) groups excluding carboxylic acids is 1. The fourth-order valence-electron chi connectivity index (χ4n) is 4.12. The van der Waals surface area contributed by atoms with Gasteiger partial charge in [0.15, 0.2) is 0 Å². The van der Waals surface area contributed by atoms with E-state index in [4.69, 9.17) is 4.74 Å². The van der Waals surface area contributed by atoms with Crippen LogP contribution in [0.2, 0.25) is 0 Å². The molecule has 4 nitrogen and oxygen atoms in total. The molecule has 1 atom stereocenters. The van der Waals surface area contributed by atoms with Crippen molar-refractivity contribution < 1.29 is 9.53 Å². The maximum atomic E-state index is 12.4. The molecule has 0 amide bonds. The van der Waals surface area contributed by atoms with E-state index in [1.165, 1.54) is 18.2 Å². The summed E-state index contributed by atoms with van der Waals surface area (Å²) in [7, 11) is 1.44. The predicted octanol–water partition coefficient (Wildman–Crippen LogP) is 2.31. The van der Waals surface area contributed by atoms with Gasteiger partial charge in [0.05, 0.1) is 18.7 Å². The second kappa shape index (κ2) is 4.97. The van der Waals surface area contributed by atoms with Gasteiger partial charge in [0.1, 0.15) is 0 Å². The Morgan fingerprint density at radius 3 is 2.77 bits per heavy atom. The van der Waals surface area contributed by atoms with Crippen molar-refractivity contribution in [3.63, 3.8) is 0 Å². The molecule has 1 aromatic rings. The average Bonchev–Trinajstić information content (AvgIpc) is 2.93. The lowest BCUT2D eigenvalue weighted by molar-refractivity contribution is -0.144. The van der Waals surface area contributed by atoms with Crippen LogP contribution in [0.4, 0.5) is 0 Å². The Hall–Kier alpha value is -2.10. The van der Waals surface area contributed by atoms with Gasteiger partial charge in [0.25, 0.3) is 5.56 Å². The summed E-state index contributed by atoms with van der Waals surface area (Å²) in [6.07, 6.45) is 9.60. The summed E-state index contributed by atoms with van der Waals surface area (Å²) >= 11 is 0. The Labute approximate surface area is 128 Å². The van der Waals surface area contributed by atoms with Gasteiger partial charge < -0.3 is 9.72 Å². The Morgan fingerprint density at radius 1 is 1.23 bits per heavy atom. The van der Waals surface area contributed by atoms with E-state index in [1.54, 1.807) is 0 Å². The number of carbonyl (C=O) groups is 1. The normalized spacial score (nSPS) is 22.1. The molecule has 22 heavy (non-hydrogen) atoms. The molecule has 0 bridgehead atoms. The number of pyridine rings is 1. The van der Waals surface area contributed by atoms with Crippen LogP contribution in [-0.4, -0.2) is 18.1 Å². The maximum Gasteiger partial charge on any atom is 0.313 e.